The van der Waals surface area contributed by atoms with Gasteiger partial charge < -0.3 is 9.80 Å². The lowest BCUT2D eigenvalue weighted by molar-refractivity contribution is 0.624. The zero-order valence-corrected chi connectivity index (χ0v) is 10.6. The van der Waals surface area contributed by atoms with Gasteiger partial charge in [-0.2, -0.15) is 0 Å². The summed E-state index contributed by atoms with van der Waals surface area (Å²) >= 11 is 5.26. The van der Waals surface area contributed by atoms with Crippen LogP contribution >= 0.6 is 12.2 Å². The van der Waals surface area contributed by atoms with Crippen LogP contribution in [0, 0.1) is 0 Å². The molecule has 0 saturated carbocycles. The number of thiocarbonyl (C=S) groups is 1. The summed E-state index contributed by atoms with van der Waals surface area (Å²) in [5.74, 6) is 0. The number of benzene rings is 1. The number of rotatable bonds is 3. The summed E-state index contributed by atoms with van der Waals surface area (Å²) in [7, 11) is 8.05. The highest BCUT2D eigenvalue weighted by Crippen LogP contribution is 2.13. The second-order valence-electron chi connectivity index (χ2n) is 4.03. The summed E-state index contributed by atoms with van der Waals surface area (Å²) in [5, 5.41) is 0. The van der Waals surface area contributed by atoms with Gasteiger partial charge in [-0.25, -0.2) is 0 Å². The van der Waals surface area contributed by atoms with Crippen molar-refractivity contribution in [2.75, 3.05) is 33.1 Å². The fourth-order valence-corrected chi connectivity index (χ4v) is 1.41. The average molecular weight is 222 g/mol. The molecule has 1 aromatic rings. The Bertz CT molecular complexity index is 328. The highest BCUT2D eigenvalue weighted by Gasteiger charge is 2.01. The lowest BCUT2D eigenvalue weighted by atomic mass is 10.1. The van der Waals surface area contributed by atoms with Crippen LogP contribution in [0.5, 0.6) is 0 Å². The van der Waals surface area contributed by atoms with Crippen molar-refractivity contribution in [3.05, 3.63) is 29.8 Å². The Labute approximate surface area is 97.5 Å². The molecule has 0 saturated heterocycles. The van der Waals surface area contributed by atoms with Crippen molar-refractivity contribution >= 4 is 22.9 Å². The van der Waals surface area contributed by atoms with Gasteiger partial charge in [-0.3, -0.25) is 0 Å². The summed E-state index contributed by atoms with van der Waals surface area (Å²) in [5.41, 5.74) is 2.48. The average Bonchev–Trinajstić information content (AvgIpc) is 2.18. The second kappa shape index (κ2) is 5.12. The maximum atomic E-state index is 5.26. The van der Waals surface area contributed by atoms with E-state index in [1.54, 1.807) is 0 Å². The van der Waals surface area contributed by atoms with Crippen molar-refractivity contribution in [1.82, 2.24) is 4.90 Å². The first-order valence-corrected chi connectivity index (χ1v) is 5.38. The third-order valence-electron chi connectivity index (χ3n) is 2.31. The first-order chi connectivity index (χ1) is 7.00. The summed E-state index contributed by atoms with van der Waals surface area (Å²) in [6, 6.07) is 8.50. The molecule has 0 spiro atoms. The van der Waals surface area contributed by atoms with Gasteiger partial charge in [0.2, 0.25) is 0 Å². The smallest absolute Gasteiger partial charge is 0.0818 e. The number of likely N-dealkylation sites (N-methyl/N-ethyl adjacent to an activating group) is 1. The molecule has 0 amide bonds. The Morgan fingerprint density at radius 1 is 1.07 bits per heavy atom. The van der Waals surface area contributed by atoms with Crippen LogP contribution in [-0.4, -0.2) is 38.1 Å². The second-order valence-corrected chi connectivity index (χ2v) is 4.50. The van der Waals surface area contributed by atoms with E-state index in [1.165, 1.54) is 11.3 Å². The maximum Gasteiger partial charge on any atom is 0.0818 e. The van der Waals surface area contributed by atoms with Gasteiger partial charge >= 0.3 is 0 Å². The van der Waals surface area contributed by atoms with Gasteiger partial charge in [0.15, 0.2) is 0 Å². The van der Waals surface area contributed by atoms with Crippen LogP contribution in [-0.2, 0) is 6.42 Å². The molecule has 0 aromatic heterocycles. The summed E-state index contributed by atoms with van der Waals surface area (Å²) in [6.07, 6.45) is 0.843. The Kier molecular flexibility index (Phi) is 4.09. The zero-order chi connectivity index (χ0) is 11.4. The van der Waals surface area contributed by atoms with Gasteiger partial charge in [-0.1, -0.05) is 24.4 Å². The molecule has 3 heteroatoms. The van der Waals surface area contributed by atoms with E-state index < -0.39 is 0 Å². The lowest BCUT2D eigenvalue weighted by Crippen LogP contribution is -2.21. The molecule has 0 N–H and O–H groups in total. The van der Waals surface area contributed by atoms with Gasteiger partial charge in [0.1, 0.15) is 0 Å². The molecular weight excluding hydrogens is 204 g/mol. The molecule has 0 fully saturated rings. The van der Waals surface area contributed by atoms with Crippen molar-refractivity contribution < 1.29 is 0 Å². The molecule has 1 rings (SSSR count). The molecule has 0 bridgehead atoms. The number of hydrogen-bond acceptors (Lipinski definition) is 2. The van der Waals surface area contributed by atoms with Crippen LogP contribution in [0.4, 0.5) is 5.69 Å². The van der Waals surface area contributed by atoms with E-state index in [9.17, 15) is 0 Å². The molecule has 0 radical (unpaired) electrons. The minimum Gasteiger partial charge on any atom is -0.378 e. The van der Waals surface area contributed by atoms with E-state index in [4.69, 9.17) is 12.2 Å². The van der Waals surface area contributed by atoms with E-state index >= 15 is 0 Å². The maximum absolute atomic E-state index is 5.26. The van der Waals surface area contributed by atoms with Crippen LogP contribution in [0.1, 0.15) is 5.56 Å². The molecular formula is C12H18N2S. The topological polar surface area (TPSA) is 6.48 Å². The molecule has 0 aliphatic rings. The van der Waals surface area contributed by atoms with Gasteiger partial charge in [0.05, 0.1) is 4.99 Å². The quantitative estimate of drug-likeness (QED) is 0.724. The molecule has 15 heavy (non-hydrogen) atoms. The van der Waals surface area contributed by atoms with Crippen LogP contribution < -0.4 is 4.90 Å². The summed E-state index contributed by atoms with van der Waals surface area (Å²) in [4.78, 5) is 5.04. The van der Waals surface area contributed by atoms with Crippen molar-refractivity contribution in [2.45, 2.75) is 6.42 Å². The number of anilines is 1. The van der Waals surface area contributed by atoms with E-state index in [1.807, 2.05) is 33.1 Å². The standard InChI is InChI=1S/C12H18N2S/c1-13(2)11-7-5-10(6-8-11)9-12(15)14(3)4/h5-8H,9H2,1-4H3. The zero-order valence-electron chi connectivity index (χ0n) is 9.82. The monoisotopic (exact) mass is 222 g/mol. The first-order valence-electron chi connectivity index (χ1n) is 4.97. The molecule has 0 aliphatic heterocycles. The van der Waals surface area contributed by atoms with Crippen molar-refractivity contribution in [2.24, 2.45) is 0 Å². The van der Waals surface area contributed by atoms with Crippen LogP contribution in [0.25, 0.3) is 0 Å². The van der Waals surface area contributed by atoms with Crippen molar-refractivity contribution in [3.8, 4) is 0 Å². The van der Waals surface area contributed by atoms with Gasteiger partial charge in [0.25, 0.3) is 0 Å². The highest BCUT2D eigenvalue weighted by atomic mass is 32.1. The SMILES string of the molecule is CN(C)C(=S)Cc1ccc(N(C)C)cc1. The van der Waals surface area contributed by atoms with Gasteiger partial charge in [-0.15, -0.1) is 0 Å². The molecule has 1 aromatic carbocycles. The largest absolute Gasteiger partial charge is 0.378 e. The fraction of sp³-hybridized carbons (Fsp3) is 0.417. The minimum absolute atomic E-state index is 0.843. The highest BCUT2D eigenvalue weighted by molar-refractivity contribution is 7.80. The van der Waals surface area contributed by atoms with Crippen LogP contribution in [0.3, 0.4) is 0 Å². The Hall–Kier alpha value is -1.09. The molecule has 0 heterocycles. The minimum atomic E-state index is 0.843. The predicted octanol–water partition coefficient (Wildman–Crippen LogP) is 2.18. The predicted molar refractivity (Wildman–Crippen MR) is 70.8 cm³/mol. The lowest BCUT2D eigenvalue weighted by Gasteiger charge is -2.15. The van der Waals surface area contributed by atoms with Crippen LogP contribution in [0.15, 0.2) is 24.3 Å². The third-order valence-corrected chi connectivity index (χ3v) is 2.82. The van der Waals surface area contributed by atoms with Gasteiger partial charge in [0, 0.05) is 40.3 Å². The molecule has 0 atom stereocenters. The van der Waals surface area contributed by atoms with Crippen molar-refractivity contribution in [3.63, 3.8) is 0 Å². The Morgan fingerprint density at radius 2 is 1.60 bits per heavy atom. The van der Waals surface area contributed by atoms with Crippen molar-refractivity contribution in [1.29, 1.82) is 0 Å². The third kappa shape index (κ3) is 3.51. The van der Waals surface area contributed by atoms with Gasteiger partial charge in [-0.05, 0) is 17.7 Å². The first kappa shape index (κ1) is 12.0. The molecule has 82 valence electrons. The number of nitrogens with zero attached hydrogens (tertiary/aromatic N) is 2. The van der Waals surface area contributed by atoms with E-state index in [0.717, 1.165) is 11.4 Å². The molecule has 0 unspecified atom stereocenters. The van der Waals surface area contributed by atoms with E-state index in [-0.39, 0.29) is 0 Å². The van der Waals surface area contributed by atoms with E-state index in [0.29, 0.717) is 0 Å². The van der Waals surface area contributed by atoms with E-state index in [2.05, 4.69) is 29.2 Å². The Morgan fingerprint density at radius 3 is 2.00 bits per heavy atom. The number of hydrogen-bond donors (Lipinski definition) is 0. The Balaban J connectivity index is 2.69. The fourth-order valence-electron chi connectivity index (χ4n) is 1.24. The molecule has 2 nitrogen and oxygen atoms in total. The normalized spacial score (nSPS) is 9.87. The van der Waals surface area contributed by atoms with Crippen LogP contribution in [0.2, 0.25) is 0 Å². The summed E-state index contributed by atoms with van der Waals surface area (Å²) in [6.45, 7) is 0. The molecule has 0 aliphatic carbocycles. The summed E-state index contributed by atoms with van der Waals surface area (Å²) < 4.78 is 0.